The van der Waals surface area contributed by atoms with Crippen LogP contribution < -0.4 is 5.32 Å². The van der Waals surface area contributed by atoms with Gasteiger partial charge in [0.2, 0.25) is 0 Å². The summed E-state index contributed by atoms with van der Waals surface area (Å²) in [6.45, 7) is 4.64. The van der Waals surface area contributed by atoms with Crippen molar-refractivity contribution in [2.24, 2.45) is 0 Å². The van der Waals surface area contributed by atoms with E-state index in [1.54, 1.807) is 0 Å². The molecule has 0 saturated heterocycles. The van der Waals surface area contributed by atoms with Crippen LogP contribution in [0.4, 0.5) is 4.79 Å². The molecule has 0 fully saturated rings. The van der Waals surface area contributed by atoms with Crippen LogP contribution in [0.1, 0.15) is 6.42 Å². The molecule has 0 heterocycles. The van der Waals surface area contributed by atoms with Crippen LogP contribution in [-0.2, 0) is 9.53 Å². The highest BCUT2D eigenvalue weighted by atomic mass is 16.5. The molecule has 2 N–H and O–H groups in total. The van der Waals surface area contributed by atoms with Gasteiger partial charge in [0.05, 0.1) is 27.1 Å². The largest absolute Gasteiger partial charge is 0.481 e. The average Bonchev–Trinajstić information content (AvgIpc) is 2.15. The Kier molecular flexibility index (Phi) is 6.17. The van der Waals surface area contributed by atoms with Crippen molar-refractivity contribution in [3.63, 3.8) is 0 Å². The second kappa shape index (κ2) is 6.84. The Morgan fingerprint density at radius 1 is 1.44 bits per heavy atom. The number of ether oxygens (including phenoxy) is 1. The predicted octanol–water partition coefficient (Wildman–Crippen LogP) is 0.407. The summed E-state index contributed by atoms with van der Waals surface area (Å²) < 4.78 is 5.33. The molecule has 0 atom stereocenters. The van der Waals surface area contributed by atoms with Crippen molar-refractivity contribution >= 4 is 12.1 Å². The number of aliphatic carboxylic acids is 1. The number of alkyl carbamates (subject to hydrolysis) is 1. The van der Waals surface area contributed by atoms with Crippen LogP contribution in [0.25, 0.3) is 0 Å². The van der Waals surface area contributed by atoms with Gasteiger partial charge in [-0.2, -0.15) is 0 Å². The number of amides is 1. The highest BCUT2D eigenvalue weighted by molar-refractivity contribution is 5.68. The van der Waals surface area contributed by atoms with Crippen LogP contribution in [0, 0.1) is 0 Å². The quantitative estimate of drug-likeness (QED) is 0.622. The maximum atomic E-state index is 10.9. The molecule has 16 heavy (non-hydrogen) atoms. The molecule has 0 aliphatic heterocycles. The lowest BCUT2D eigenvalue weighted by atomic mass is 10.3. The summed E-state index contributed by atoms with van der Waals surface area (Å²) >= 11 is 0. The number of rotatable bonds is 7. The summed E-state index contributed by atoms with van der Waals surface area (Å²) in [5.41, 5.74) is 0. The van der Waals surface area contributed by atoms with E-state index in [2.05, 4.69) is 11.9 Å². The molecular formula is C10H19N2O4+. The SMILES string of the molecule is C=CNC(=O)OCC[N+](C)(C)CCC(=O)O. The van der Waals surface area contributed by atoms with Gasteiger partial charge in [-0.05, 0) is 6.20 Å². The van der Waals surface area contributed by atoms with E-state index in [0.29, 0.717) is 17.6 Å². The zero-order valence-electron chi connectivity index (χ0n) is 9.73. The first-order chi connectivity index (χ1) is 7.37. The van der Waals surface area contributed by atoms with Gasteiger partial charge in [0.15, 0.2) is 0 Å². The standard InChI is InChI=1S/C10H18N2O4/c1-4-11-10(15)16-8-7-12(2,3)6-5-9(13)14/h4H,1,5-8H2,2-3H3,(H-,11,13,14,15)/p+1. The van der Waals surface area contributed by atoms with Gasteiger partial charge >= 0.3 is 12.1 Å². The fraction of sp³-hybridized carbons (Fsp3) is 0.600. The van der Waals surface area contributed by atoms with E-state index in [4.69, 9.17) is 9.84 Å². The summed E-state index contributed by atoms with van der Waals surface area (Å²) in [6.07, 6.45) is 0.798. The molecule has 0 aromatic rings. The minimum absolute atomic E-state index is 0.103. The summed E-state index contributed by atoms with van der Waals surface area (Å²) in [7, 11) is 3.77. The molecule has 6 heteroatoms. The maximum absolute atomic E-state index is 10.9. The van der Waals surface area contributed by atoms with Crippen LogP contribution in [-0.4, -0.2) is 55.4 Å². The molecular weight excluding hydrogens is 212 g/mol. The molecule has 0 bridgehead atoms. The Labute approximate surface area is 95.1 Å². The molecule has 0 aromatic carbocycles. The Balaban J connectivity index is 3.76. The second-order valence-electron chi connectivity index (χ2n) is 4.01. The first-order valence-electron chi connectivity index (χ1n) is 4.95. The summed E-state index contributed by atoms with van der Waals surface area (Å²) in [4.78, 5) is 21.3. The third kappa shape index (κ3) is 7.81. The third-order valence-electron chi connectivity index (χ3n) is 2.08. The Morgan fingerprint density at radius 2 is 2.06 bits per heavy atom. The van der Waals surface area contributed by atoms with Crippen molar-refractivity contribution in [3.8, 4) is 0 Å². The molecule has 92 valence electrons. The van der Waals surface area contributed by atoms with Gasteiger partial charge in [0.25, 0.3) is 0 Å². The number of carbonyl (C=O) groups is 2. The monoisotopic (exact) mass is 231 g/mol. The van der Waals surface area contributed by atoms with E-state index in [0.717, 1.165) is 0 Å². The number of likely N-dealkylation sites (N-methyl/N-ethyl adjacent to an activating group) is 1. The second-order valence-corrected chi connectivity index (χ2v) is 4.01. The van der Waals surface area contributed by atoms with Gasteiger partial charge in [-0.15, -0.1) is 0 Å². The molecule has 1 amide bonds. The van der Waals surface area contributed by atoms with Crippen LogP contribution in [0.15, 0.2) is 12.8 Å². The predicted molar refractivity (Wildman–Crippen MR) is 58.8 cm³/mol. The molecule has 0 spiro atoms. The lowest BCUT2D eigenvalue weighted by Gasteiger charge is -2.28. The van der Waals surface area contributed by atoms with Gasteiger partial charge in [0.1, 0.15) is 13.2 Å². The Hall–Kier alpha value is -1.56. The Bertz CT molecular complexity index is 264. The smallest absolute Gasteiger partial charge is 0.411 e. The van der Waals surface area contributed by atoms with Gasteiger partial charge in [-0.25, -0.2) is 4.79 Å². The number of carboxylic acid groups (broad SMARTS) is 1. The maximum Gasteiger partial charge on any atom is 0.411 e. The third-order valence-corrected chi connectivity index (χ3v) is 2.08. The molecule has 0 unspecified atom stereocenters. The Morgan fingerprint density at radius 3 is 2.56 bits per heavy atom. The number of hydrogen-bond acceptors (Lipinski definition) is 3. The number of nitrogens with one attached hydrogen (secondary N) is 1. The van der Waals surface area contributed by atoms with Crippen LogP contribution in [0.3, 0.4) is 0 Å². The molecule has 0 saturated carbocycles. The van der Waals surface area contributed by atoms with Crippen LogP contribution in [0.5, 0.6) is 0 Å². The lowest BCUT2D eigenvalue weighted by Crippen LogP contribution is -2.44. The van der Waals surface area contributed by atoms with Crippen LogP contribution in [0.2, 0.25) is 0 Å². The lowest BCUT2D eigenvalue weighted by molar-refractivity contribution is -0.889. The van der Waals surface area contributed by atoms with E-state index in [-0.39, 0.29) is 13.0 Å². The number of quaternary nitrogens is 1. The number of nitrogens with zero attached hydrogens (tertiary/aromatic N) is 1. The molecule has 0 radical (unpaired) electrons. The van der Waals surface area contributed by atoms with Crippen molar-refractivity contribution in [1.82, 2.24) is 5.32 Å². The topological polar surface area (TPSA) is 75.6 Å². The minimum atomic E-state index is -0.823. The van der Waals surface area contributed by atoms with E-state index in [9.17, 15) is 9.59 Å². The fourth-order valence-electron chi connectivity index (χ4n) is 1.02. The van der Waals surface area contributed by atoms with Gasteiger partial charge in [-0.1, -0.05) is 6.58 Å². The van der Waals surface area contributed by atoms with Crippen molar-refractivity contribution < 1.29 is 23.9 Å². The van der Waals surface area contributed by atoms with E-state index in [1.807, 2.05) is 14.1 Å². The summed E-state index contributed by atoms with van der Waals surface area (Å²) in [5, 5.41) is 10.8. The summed E-state index contributed by atoms with van der Waals surface area (Å²) in [5.74, 6) is -0.823. The van der Waals surface area contributed by atoms with E-state index in [1.165, 1.54) is 6.20 Å². The van der Waals surface area contributed by atoms with E-state index >= 15 is 0 Å². The number of hydrogen-bond donors (Lipinski definition) is 2. The van der Waals surface area contributed by atoms with Gasteiger partial charge in [-0.3, -0.25) is 10.1 Å². The molecule has 0 aliphatic rings. The zero-order chi connectivity index (χ0) is 12.6. The van der Waals surface area contributed by atoms with Crippen LogP contribution >= 0.6 is 0 Å². The first-order valence-corrected chi connectivity index (χ1v) is 4.95. The highest BCUT2D eigenvalue weighted by Crippen LogP contribution is 1.99. The van der Waals surface area contributed by atoms with Gasteiger partial charge in [0, 0.05) is 0 Å². The average molecular weight is 231 g/mol. The first kappa shape index (κ1) is 14.4. The van der Waals surface area contributed by atoms with E-state index < -0.39 is 12.1 Å². The van der Waals surface area contributed by atoms with Gasteiger partial charge < -0.3 is 14.3 Å². The molecule has 0 rings (SSSR count). The molecule has 0 aromatic heterocycles. The summed E-state index contributed by atoms with van der Waals surface area (Å²) in [6, 6.07) is 0. The highest BCUT2D eigenvalue weighted by Gasteiger charge is 2.17. The zero-order valence-corrected chi connectivity index (χ0v) is 9.73. The van der Waals surface area contributed by atoms with Crippen molar-refractivity contribution in [2.45, 2.75) is 6.42 Å². The number of carbonyl (C=O) groups excluding carboxylic acids is 1. The van der Waals surface area contributed by atoms with Crippen molar-refractivity contribution in [1.29, 1.82) is 0 Å². The molecule has 6 nitrogen and oxygen atoms in total. The van der Waals surface area contributed by atoms with Crippen molar-refractivity contribution in [2.75, 3.05) is 33.8 Å². The molecule has 0 aliphatic carbocycles. The van der Waals surface area contributed by atoms with Crippen molar-refractivity contribution in [3.05, 3.63) is 12.8 Å². The minimum Gasteiger partial charge on any atom is -0.481 e. The number of carboxylic acids is 1. The fourth-order valence-corrected chi connectivity index (χ4v) is 1.02. The normalized spacial score (nSPS) is 10.6.